The summed E-state index contributed by atoms with van der Waals surface area (Å²) < 4.78 is 0. The Balaban J connectivity index is 0.920. The lowest BCUT2D eigenvalue weighted by Crippen LogP contribution is -2.26. The average Bonchev–Trinajstić information content (AvgIpc) is 1.51. The summed E-state index contributed by atoms with van der Waals surface area (Å²) in [5.74, 6) is -3.80. The second kappa shape index (κ2) is 20.9. The Morgan fingerprint density at radius 3 is 1.11 bits per heavy atom. The highest BCUT2D eigenvalue weighted by Crippen LogP contribution is 2.64. The number of amides is 2. The van der Waals surface area contributed by atoms with E-state index < -0.39 is 29.2 Å². The van der Waals surface area contributed by atoms with E-state index in [1.807, 2.05) is 36.4 Å². The number of fused-ring (bicyclic) bond motifs is 12. The molecular formula is C77H54N6O6. The fourth-order valence-corrected chi connectivity index (χ4v) is 14.3. The van der Waals surface area contributed by atoms with Gasteiger partial charge in [-0.2, -0.15) is 20.2 Å². The predicted molar refractivity (Wildman–Crippen MR) is 351 cm³/mol. The van der Waals surface area contributed by atoms with Gasteiger partial charge >= 0.3 is 11.9 Å². The quantitative estimate of drug-likeness (QED) is 0.129. The van der Waals surface area contributed by atoms with E-state index in [1.54, 1.807) is 60.7 Å². The van der Waals surface area contributed by atoms with Gasteiger partial charge in [0.05, 0.1) is 27.9 Å². The van der Waals surface area contributed by atoms with E-state index in [-0.39, 0.29) is 22.6 Å². The third-order valence-electron chi connectivity index (χ3n) is 18.3. The van der Waals surface area contributed by atoms with Crippen LogP contribution < -0.4 is 19.8 Å². The summed E-state index contributed by atoms with van der Waals surface area (Å²) in [5, 5.41) is 32.3. The van der Waals surface area contributed by atoms with Crippen LogP contribution in [0.1, 0.15) is 57.3 Å². The first kappa shape index (κ1) is 53.0. The van der Waals surface area contributed by atoms with E-state index in [1.165, 1.54) is 22.5 Å². The van der Waals surface area contributed by atoms with Gasteiger partial charge in [-0.25, -0.2) is 9.59 Å². The third-order valence-corrected chi connectivity index (χ3v) is 18.3. The molecule has 0 aromatic heterocycles. The van der Waals surface area contributed by atoms with Crippen molar-refractivity contribution in [2.75, 3.05) is 32.9 Å². The van der Waals surface area contributed by atoms with Crippen molar-refractivity contribution in [2.24, 2.45) is 10.2 Å². The third kappa shape index (κ3) is 8.58. The molecule has 0 saturated heterocycles. The number of anilines is 6. The maximum Gasteiger partial charge on any atom is 0.357 e. The number of aryl methyl sites for hydroxylation is 2. The molecule has 0 saturated carbocycles. The summed E-state index contributed by atoms with van der Waals surface area (Å²) in [6.07, 6.45) is 7.12. The van der Waals surface area contributed by atoms with Crippen LogP contribution in [-0.4, -0.2) is 58.5 Å². The zero-order valence-electron chi connectivity index (χ0n) is 48.0. The van der Waals surface area contributed by atoms with Crippen LogP contribution in [0.4, 0.5) is 34.1 Å². The SMILES string of the molecule is O=C(O)C1=NN(c2ccccc2)C(=O)C1=Cc1ccc2c(c1)C1(c3cc(/C=C4\C(=O)N(c5ccccc5)N=C4C(=O)O)ccc3-c3ccc(-c4ccc5c(c4)CCCN5c4ccccc4)cc31)c1cc(-c3ccc4c(c3)CCCN4c3ccccc3)ccc1-2. The molecule has 428 valence electrons. The number of carboxylic acid groups (broad SMARTS) is 2. The molecule has 2 aliphatic carbocycles. The van der Waals surface area contributed by atoms with Crippen molar-refractivity contribution in [1.82, 2.24) is 0 Å². The molecule has 2 amide bonds. The number of aliphatic carboxylic acids is 2. The first-order valence-electron chi connectivity index (χ1n) is 30.0. The Morgan fingerprint density at radius 1 is 0.393 bits per heavy atom. The Labute approximate surface area is 513 Å². The van der Waals surface area contributed by atoms with Crippen molar-refractivity contribution >= 4 is 81.5 Å². The number of carboxylic acids is 2. The van der Waals surface area contributed by atoms with Gasteiger partial charge in [0.25, 0.3) is 11.8 Å². The Hall–Kier alpha value is -11.5. The van der Waals surface area contributed by atoms with Gasteiger partial charge in [0.2, 0.25) is 0 Å². The van der Waals surface area contributed by atoms with Crippen molar-refractivity contribution in [2.45, 2.75) is 31.1 Å². The predicted octanol–water partition coefficient (Wildman–Crippen LogP) is 15.3. The Kier molecular flexibility index (Phi) is 12.4. The van der Waals surface area contributed by atoms with Crippen molar-refractivity contribution in [3.8, 4) is 44.5 Å². The molecular weight excluding hydrogens is 1100 g/mol. The topological polar surface area (TPSA) is 146 Å². The molecule has 12 nitrogen and oxygen atoms in total. The van der Waals surface area contributed by atoms with E-state index >= 15 is 0 Å². The van der Waals surface area contributed by atoms with Crippen LogP contribution in [0.15, 0.2) is 252 Å². The number of carbonyl (C=O) groups excluding carboxylic acids is 2. The van der Waals surface area contributed by atoms with Crippen molar-refractivity contribution in [3.05, 3.63) is 286 Å². The lowest BCUT2D eigenvalue weighted by atomic mass is 9.69. The van der Waals surface area contributed by atoms with E-state index in [2.05, 4.69) is 166 Å². The molecule has 16 rings (SSSR count). The summed E-state index contributed by atoms with van der Waals surface area (Å²) in [6, 6.07) is 77.8. The van der Waals surface area contributed by atoms with Crippen LogP contribution in [0.5, 0.6) is 0 Å². The minimum absolute atomic E-state index is 0.0604. The van der Waals surface area contributed by atoms with Crippen LogP contribution in [0.25, 0.3) is 56.7 Å². The Bertz CT molecular complexity index is 4500. The molecule has 4 heterocycles. The summed E-state index contributed by atoms with van der Waals surface area (Å²) in [6.45, 7) is 1.83. The molecule has 4 aliphatic heterocycles. The summed E-state index contributed by atoms with van der Waals surface area (Å²) in [7, 11) is 0. The molecule has 1 atom stereocenters. The minimum Gasteiger partial charge on any atom is -0.476 e. The van der Waals surface area contributed by atoms with Gasteiger partial charge < -0.3 is 20.0 Å². The van der Waals surface area contributed by atoms with Gasteiger partial charge in [-0.05, 0) is 224 Å². The standard InChI is InChI=1S/C77H54N6O6/c84-73-63(71(75(86)87)78-82(73)57-21-9-3-10-22-57)39-47-25-31-59-61-33-27-51(49-29-35-69-53(43-49)15-13-37-80(69)55-17-5-1-6-18-55)45-67(61)77(65(59)41-47)66-42-48(40-64-72(76(88)89)79-83(74(64)85)58-23-11-4-12-24-58)26-32-60(66)62-34-28-52(46-68(62)77)50-30-36-70-54(44-50)16-14-38-81(70)56-19-7-2-8-20-56/h1-12,17-36,39-46H,13-16,37-38H2,(H,86,87)(H,88,89)/b63-39-,64-40?. The van der Waals surface area contributed by atoms with Crippen LogP contribution in [0.2, 0.25) is 0 Å². The Morgan fingerprint density at radius 2 is 0.730 bits per heavy atom. The summed E-state index contributed by atoms with van der Waals surface area (Å²) in [4.78, 5) is 59.9. The fraction of sp³-hybridized carbons (Fsp3) is 0.0909. The van der Waals surface area contributed by atoms with Crippen molar-refractivity contribution in [1.29, 1.82) is 0 Å². The molecule has 1 spiro atoms. The van der Waals surface area contributed by atoms with Gasteiger partial charge in [0.1, 0.15) is 0 Å². The number of rotatable bonds is 10. The minimum atomic E-state index is -1.33. The first-order chi connectivity index (χ1) is 43.6. The maximum absolute atomic E-state index is 14.5. The van der Waals surface area contributed by atoms with Crippen LogP contribution in [-0.2, 0) is 37.4 Å². The number of hydrogen-bond acceptors (Lipinski definition) is 8. The molecule has 12 heteroatoms. The van der Waals surface area contributed by atoms with Crippen molar-refractivity contribution < 1.29 is 29.4 Å². The van der Waals surface area contributed by atoms with E-state index in [0.717, 1.165) is 127 Å². The largest absolute Gasteiger partial charge is 0.476 e. The zero-order chi connectivity index (χ0) is 60.1. The van der Waals surface area contributed by atoms with Gasteiger partial charge in [0, 0.05) is 35.8 Å². The highest BCUT2D eigenvalue weighted by Gasteiger charge is 2.52. The highest BCUT2D eigenvalue weighted by molar-refractivity contribution is 6.54. The highest BCUT2D eigenvalue weighted by atomic mass is 16.4. The number of nitrogens with zero attached hydrogens (tertiary/aromatic N) is 6. The first-order valence-corrected chi connectivity index (χ1v) is 30.0. The van der Waals surface area contributed by atoms with E-state index in [0.29, 0.717) is 22.5 Å². The van der Waals surface area contributed by atoms with Gasteiger partial charge in [-0.15, -0.1) is 0 Å². The smallest absolute Gasteiger partial charge is 0.357 e. The molecule has 0 bridgehead atoms. The van der Waals surface area contributed by atoms with E-state index in [4.69, 9.17) is 0 Å². The van der Waals surface area contributed by atoms with E-state index in [9.17, 15) is 29.4 Å². The maximum atomic E-state index is 14.5. The molecule has 1 unspecified atom stereocenters. The molecule has 2 N–H and O–H groups in total. The summed E-state index contributed by atoms with van der Waals surface area (Å²) in [5.41, 5.74) is 19.1. The van der Waals surface area contributed by atoms with Gasteiger partial charge in [-0.1, -0.05) is 133 Å². The number of benzene rings is 10. The average molecular weight is 1160 g/mol. The number of para-hydroxylation sites is 4. The van der Waals surface area contributed by atoms with Gasteiger partial charge in [0.15, 0.2) is 11.4 Å². The normalized spacial score (nSPS) is 17.8. The van der Waals surface area contributed by atoms with Crippen LogP contribution in [0.3, 0.4) is 0 Å². The second-order valence-corrected chi connectivity index (χ2v) is 23.3. The monoisotopic (exact) mass is 1160 g/mol. The molecule has 0 fully saturated rings. The van der Waals surface area contributed by atoms with Crippen LogP contribution in [0, 0.1) is 0 Å². The number of carbonyl (C=O) groups is 4. The molecule has 10 aromatic rings. The molecule has 6 aliphatic rings. The molecule has 89 heavy (non-hydrogen) atoms. The second-order valence-electron chi connectivity index (χ2n) is 23.3. The fourth-order valence-electron chi connectivity index (χ4n) is 14.3. The van der Waals surface area contributed by atoms with Crippen molar-refractivity contribution in [3.63, 3.8) is 0 Å². The lowest BCUT2D eigenvalue weighted by Gasteiger charge is -2.33. The molecule has 10 aromatic carbocycles. The number of hydrogen-bond donors (Lipinski definition) is 2. The number of hydrazone groups is 2. The zero-order valence-corrected chi connectivity index (χ0v) is 48.0. The molecule has 0 radical (unpaired) electrons. The summed E-state index contributed by atoms with van der Waals surface area (Å²) >= 11 is 0. The lowest BCUT2D eigenvalue weighted by molar-refractivity contribution is -0.130. The van der Waals surface area contributed by atoms with Crippen LogP contribution >= 0.6 is 0 Å². The van der Waals surface area contributed by atoms with Gasteiger partial charge in [-0.3, -0.25) is 9.59 Å².